The number of imidazole rings is 1. The van der Waals surface area contributed by atoms with E-state index in [0.717, 1.165) is 33.3 Å². The predicted molar refractivity (Wildman–Crippen MR) is 227 cm³/mol. The van der Waals surface area contributed by atoms with Crippen molar-refractivity contribution in [3.05, 3.63) is 120 Å². The van der Waals surface area contributed by atoms with Crippen LogP contribution < -0.4 is 43.2 Å². The highest BCUT2D eigenvalue weighted by molar-refractivity contribution is 5.96. The number of nitrogens with two attached hydrogens (primary N) is 3. The molecule has 0 fully saturated rings. The van der Waals surface area contributed by atoms with Crippen molar-refractivity contribution in [2.45, 2.75) is 75.5 Å². The molecule has 0 spiro atoms. The summed E-state index contributed by atoms with van der Waals surface area (Å²) in [6.07, 6.45) is 6.66. The molecule has 5 aromatic rings. The molecule has 17 nitrogen and oxygen atoms in total. The number of para-hydroxylation sites is 1. The zero-order valence-corrected chi connectivity index (χ0v) is 33.5. The summed E-state index contributed by atoms with van der Waals surface area (Å²) in [5.74, 6) is -2.47. The number of fused-ring (bicyclic) bond motifs is 1. The maximum Gasteiger partial charge on any atom is 0.243 e. The van der Waals surface area contributed by atoms with Crippen molar-refractivity contribution in [2.24, 2.45) is 22.2 Å². The van der Waals surface area contributed by atoms with Gasteiger partial charge in [0, 0.05) is 61.2 Å². The lowest BCUT2D eigenvalue weighted by atomic mass is 10.0. The van der Waals surface area contributed by atoms with E-state index >= 15 is 0 Å². The molecule has 3 aromatic carbocycles. The minimum absolute atomic E-state index is 0.0534. The van der Waals surface area contributed by atoms with Crippen LogP contribution in [0, 0.1) is 0 Å². The van der Waals surface area contributed by atoms with E-state index in [-0.39, 0.29) is 56.9 Å². The van der Waals surface area contributed by atoms with Crippen LogP contribution >= 0.6 is 0 Å². The van der Waals surface area contributed by atoms with E-state index in [1.165, 1.54) is 6.33 Å². The molecule has 0 bridgehead atoms. The van der Waals surface area contributed by atoms with Crippen LogP contribution in [-0.4, -0.2) is 88.3 Å². The molecular weight excluding hydrogens is 767 g/mol. The summed E-state index contributed by atoms with van der Waals surface area (Å²) in [4.78, 5) is 82.4. The lowest BCUT2D eigenvalue weighted by Crippen LogP contribution is -2.59. The average molecular weight is 820 g/mol. The van der Waals surface area contributed by atoms with Gasteiger partial charge in [-0.3, -0.25) is 29.0 Å². The third-order valence-corrected chi connectivity index (χ3v) is 9.91. The third-order valence-electron chi connectivity index (χ3n) is 9.91. The number of amides is 5. The van der Waals surface area contributed by atoms with Gasteiger partial charge in [0.25, 0.3) is 0 Å². The number of hydrogen-bond acceptors (Lipinski definition) is 8. The highest BCUT2D eigenvalue weighted by Gasteiger charge is 2.32. The number of primary amides is 1. The Kier molecular flexibility index (Phi) is 16.2. The third kappa shape index (κ3) is 13.5. The van der Waals surface area contributed by atoms with Crippen molar-refractivity contribution in [3.63, 3.8) is 0 Å². The lowest BCUT2D eigenvalue weighted by Gasteiger charge is -2.26. The number of aromatic amines is 2. The van der Waals surface area contributed by atoms with Crippen LogP contribution in [0.4, 0.5) is 0 Å². The number of methoxy groups -OCH3 is 1. The van der Waals surface area contributed by atoms with Gasteiger partial charge < -0.3 is 53.2 Å². The summed E-state index contributed by atoms with van der Waals surface area (Å²) in [5, 5.41) is 12.1. The number of aliphatic imine (C=N–C) groups is 1. The van der Waals surface area contributed by atoms with Crippen molar-refractivity contribution in [1.29, 1.82) is 0 Å². The van der Waals surface area contributed by atoms with E-state index in [1.807, 2.05) is 54.6 Å². The van der Waals surface area contributed by atoms with Crippen molar-refractivity contribution in [3.8, 4) is 5.75 Å². The minimum Gasteiger partial charge on any atom is -0.497 e. The van der Waals surface area contributed by atoms with Crippen molar-refractivity contribution >= 4 is 46.4 Å². The summed E-state index contributed by atoms with van der Waals surface area (Å²) in [6.45, 7) is 0.163. The molecule has 5 rings (SSSR count). The first-order valence-corrected chi connectivity index (χ1v) is 19.7. The normalized spacial score (nSPS) is 12.9. The first kappa shape index (κ1) is 43.9. The van der Waals surface area contributed by atoms with Gasteiger partial charge in [-0.2, -0.15) is 0 Å². The number of ether oxygens (including phenoxy) is 1. The Hall–Kier alpha value is -7.17. The molecule has 0 aliphatic carbocycles. The van der Waals surface area contributed by atoms with Crippen molar-refractivity contribution < 1.29 is 28.7 Å². The minimum atomic E-state index is -1.19. The zero-order chi connectivity index (χ0) is 42.9. The quantitative estimate of drug-likeness (QED) is 0.0262. The van der Waals surface area contributed by atoms with Crippen LogP contribution in [0.5, 0.6) is 5.75 Å². The van der Waals surface area contributed by atoms with Gasteiger partial charge in [-0.05, 0) is 60.6 Å². The Morgan fingerprint density at radius 1 is 0.717 bits per heavy atom. The van der Waals surface area contributed by atoms with E-state index in [9.17, 15) is 24.0 Å². The van der Waals surface area contributed by atoms with Crippen LogP contribution in [0.3, 0.4) is 0 Å². The van der Waals surface area contributed by atoms with Gasteiger partial charge in [-0.15, -0.1) is 0 Å². The molecule has 0 aliphatic heterocycles. The average Bonchev–Trinajstić information content (AvgIpc) is 3.91. The van der Waals surface area contributed by atoms with Crippen LogP contribution in [-0.2, 0) is 49.7 Å². The Labute approximate surface area is 347 Å². The van der Waals surface area contributed by atoms with Crippen LogP contribution in [0.15, 0.2) is 103 Å². The topological polar surface area (TPSA) is 278 Å². The van der Waals surface area contributed by atoms with E-state index in [1.54, 1.807) is 43.8 Å². The number of aromatic nitrogens is 3. The highest BCUT2D eigenvalue weighted by atomic mass is 16.5. The zero-order valence-electron chi connectivity index (χ0n) is 33.5. The number of rotatable bonds is 23. The first-order valence-electron chi connectivity index (χ1n) is 19.7. The van der Waals surface area contributed by atoms with E-state index < -0.39 is 47.8 Å². The molecular formula is C43H53N11O6. The predicted octanol–water partition coefficient (Wildman–Crippen LogP) is 1.43. The van der Waals surface area contributed by atoms with Gasteiger partial charge in [-0.1, -0.05) is 60.7 Å². The Morgan fingerprint density at radius 3 is 2.07 bits per heavy atom. The second-order valence-corrected chi connectivity index (χ2v) is 14.4. The molecule has 4 atom stereocenters. The molecule has 2 aromatic heterocycles. The summed E-state index contributed by atoms with van der Waals surface area (Å²) in [6, 6.07) is 19.6. The smallest absolute Gasteiger partial charge is 0.243 e. The molecule has 316 valence electrons. The maximum atomic E-state index is 14.3. The summed E-state index contributed by atoms with van der Waals surface area (Å²) < 4.78 is 5.22. The number of benzene rings is 3. The summed E-state index contributed by atoms with van der Waals surface area (Å²) in [7, 11) is 1.59. The SMILES string of the molecule is COc1ccc(CCCC(=O)N[C@@H](Cc2cnc[nH]2)C(=O)N[C@H](Cc2ccccc2)C(=O)N[C@@H](CCCN=C(N)N)C(=O)N[C@@H](Cc2c[nH]c3ccccc23)C(N)=O)cc1. The number of hydrogen-bond donors (Lipinski definition) is 9. The molecule has 5 amide bonds. The Balaban J connectivity index is 1.32. The second kappa shape index (κ2) is 22.1. The van der Waals surface area contributed by atoms with Crippen molar-refractivity contribution in [1.82, 2.24) is 36.2 Å². The number of nitrogens with one attached hydrogen (secondary N) is 6. The highest BCUT2D eigenvalue weighted by Crippen LogP contribution is 2.19. The molecule has 0 unspecified atom stereocenters. The van der Waals surface area contributed by atoms with E-state index in [4.69, 9.17) is 21.9 Å². The van der Waals surface area contributed by atoms with Crippen LogP contribution in [0.1, 0.15) is 48.1 Å². The molecule has 0 saturated heterocycles. The fourth-order valence-corrected chi connectivity index (χ4v) is 6.73. The number of carbonyl (C=O) groups is 5. The molecule has 0 radical (unpaired) electrons. The number of H-pyrrole nitrogens is 2. The number of nitrogens with zero attached hydrogens (tertiary/aromatic N) is 2. The summed E-state index contributed by atoms with van der Waals surface area (Å²) >= 11 is 0. The largest absolute Gasteiger partial charge is 0.497 e. The van der Waals surface area contributed by atoms with Crippen LogP contribution in [0.25, 0.3) is 10.9 Å². The Morgan fingerprint density at radius 2 is 1.38 bits per heavy atom. The van der Waals surface area contributed by atoms with Gasteiger partial charge >= 0.3 is 0 Å². The molecule has 17 heteroatoms. The standard InChI is InChI=1S/C43H53N11O6/c1-60-31-18-16-27(17-19-31)11-7-15-38(55)51-37(23-30-25-47-26-50-30)42(59)54-36(21-28-9-3-2-4-10-28)41(58)52-34(14-8-20-48-43(45)46)40(57)53-35(39(44)56)22-29-24-49-33-13-6-5-12-32(29)33/h2-6,9-10,12-13,16-19,24-26,34-37,49H,7-8,11,14-15,20-23H2,1H3,(H2,44,56)(H,47,50)(H,51,55)(H,52,58)(H,53,57)(H,54,59)(H4,45,46,48)/t34-,35-,36+,37-/m0/s1. The number of aryl methyl sites for hydroxylation is 1. The fraction of sp³-hybridized carbons (Fsp3) is 0.326. The van der Waals surface area contributed by atoms with Gasteiger partial charge in [0.2, 0.25) is 29.5 Å². The number of guanidine groups is 1. The van der Waals surface area contributed by atoms with E-state index in [2.05, 4.69) is 41.2 Å². The van der Waals surface area contributed by atoms with E-state index in [0.29, 0.717) is 18.5 Å². The molecule has 0 aliphatic rings. The van der Waals surface area contributed by atoms with Gasteiger partial charge in [0.05, 0.1) is 13.4 Å². The van der Waals surface area contributed by atoms with Crippen LogP contribution in [0.2, 0.25) is 0 Å². The monoisotopic (exact) mass is 819 g/mol. The molecule has 12 N–H and O–H groups in total. The van der Waals surface area contributed by atoms with Crippen molar-refractivity contribution in [2.75, 3.05) is 13.7 Å². The van der Waals surface area contributed by atoms with Gasteiger partial charge in [0.1, 0.15) is 29.9 Å². The first-order chi connectivity index (χ1) is 29.0. The lowest BCUT2D eigenvalue weighted by molar-refractivity contribution is -0.134. The molecule has 60 heavy (non-hydrogen) atoms. The second-order valence-electron chi connectivity index (χ2n) is 14.4. The molecule has 0 saturated carbocycles. The summed E-state index contributed by atoms with van der Waals surface area (Å²) in [5.41, 5.74) is 20.8. The molecule has 2 heterocycles. The fourth-order valence-electron chi connectivity index (χ4n) is 6.73. The van der Waals surface area contributed by atoms with Gasteiger partial charge in [-0.25, -0.2) is 4.98 Å². The Bertz CT molecular complexity index is 2200. The number of carbonyl (C=O) groups excluding carboxylic acids is 5. The maximum absolute atomic E-state index is 14.3. The van der Waals surface area contributed by atoms with Gasteiger partial charge in [0.15, 0.2) is 5.96 Å².